The molecule has 0 saturated carbocycles. The highest BCUT2D eigenvalue weighted by Crippen LogP contribution is 2.18. The Labute approximate surface area is 112 Å². The largest absolute Gasteiger partial charge is 0.444 e. The van der Waals surface area contributed by atoms with Crippen LogP contribution in [0.2, 0.25) is 0 Å². The minimum Gasteiger partial charge on any atom is -0.444 e. The van der Waals surface area contributed by atoms with Gasteiger partial charge in [-0.1, -0.05) is 0 Å². The van der Waals surface area contributed by atoms with Crippen molar-refractivity contribution >= 4 is 5.82 Å². The lowest BCUT2D eigenvalue weighted by Crippen LogP contribution is -2.06. The number of pyridine rings is 1. The van der Waals surface area contributed by atoms with E-state index in [4.69, 9.17) is 9.68 Å². The second-order valence-corrected chi connectivity index (χ2v) is 4.52. The first-order valence-corrected chi connectivity index (χ1v) is 6.06. The summed E-state index contributed by atoms with van der Waals surface area (Å²) in [6.07, 6.45) is 0. The van der Waals surface area contributed by atoms with Gasteiger partial charge in [-0.3, -0.25) is 0 Å². The number of nitrogens with zero attached hydrogens (tertiary/aromatic N) is 3. The van der Waals surface area contributed by atoms with Gasteiger partial charge >= 0.3 is 0 Å². The van der Waals surface area contributed by atoms with E-state index in [2.05, 4.69) is 21.4 Å². The standard InChI is InChI=1S/C14H16N4O/c1-8-5-9(2)17-14(12(8)6-15)16-7-13-18-10(3)11(4)19-13/h5H,7H2,1-4H3,(H,16,17). The lowest BCUT2D eigenvalue weighted by atomic mass is 10.1. The summed E-state index contributed by atoms with van der Waals surface area (Å²) in [5.74, 6) is 1.99. The minimum atomic E-state index is 0.416. The minimum absolute atomic E-state index is 0.416. The number of nitrogens with one attached hydrogen (secondary N) is 1. The fourth-order valence-electron chi connectivity index (χ4n) is 1.88. The molecule has 0 fully saturated rings. The zero-order valence-corrected chi connectivity index (χ0v) is 11.5. The van der Waals surface area contributed by atoms with Crippen molar-refractivity contribution in [2.75, 3.05) is 5.32 Å². The van der Waals surface area contributed by atoms with Crippen LogP contribution in [0.4, 0.5) is 5.82 Å². The van der Waals surface area contributed by atoms with E-state index < -0.39 is 0 Å². The lowest BCUT2D eigenvalue weighted by molar-refractivity contribution is 0.478. The van der Waals surface area contributed by atoms with Crippen molar-refractivity contribution < 1.29 is 4.42 Å². The molecular formula is C14H16N4O. The van der Waals surface area contributed by atoms with Crippen LogP contribution in [0.1, 0.15) is 34.2 Å². The van der Waals surface area contributed by atoms with E-state index in [1.54, 1.807) is 0 Å². The normalized spacial score (nSPS) is 10.3. The molecule has 0 aliphatic heterocycles. The molecule has 19 heavy (non-hydrogen) atoms. The molecule has 0 bridgehead atoms. The number of aryl methyl sites for hydroxylation is 4. The van der Waals surface area contributed by atoms with Crippen LogP contribution in [0.15, 0.2) is 10.5 Å². The van der Waals surface area contributed by atoms with Gasteiger partial charge in [-0.05, 0) is 39.3 Å². The zero-order valence-electron chi connectivity index (χ0n) is 11.5. The van der Waals surface area contributed by atoms with E-state index in [1.807, 2.05) is 33.8 Å². The molecule has 2 aromatic rings. The van der Waals surface area contributed by atoms with E-state index in [0.717, 1.165) is 22.7 Å². The van der Waals surface area contributed by atoms with Crippen LogP contribution >= 0.6 is 0 Å². The summed E-state index contributed by atoms with van der Waals surface area (Å²) in [5.41, 5.74) is 3.23. The molecule has 0 saturated heterocycles. The molecule has 5 nitrogen and oxygen atoms in total. The third-order valence-corrected chi connectivity index (χ3v) is 2.94. The SMILES string of the molecule is Cc1cc(C)c(C#N)c(NCc2nc(C)c(C)o2)n1. The van der Waals surface area contributed by atoms with Crippen LogP contribution in [-0.4, -0.2) is 9.97 Å². The maximum Gasteiger partial charge on any atom is 0.213 e. The fraction of sp³-hybridized carbons (Fsp3) is 0.357. The number of rotatable bonds is 3. The second-order valence-electron chi connectivity index (χ2n) is 4.52. The van der Waals surface area contributed by atoms with Gasteiger partial charge in [0.05, 0.1) is 17.8 Å². The number of hydrogen-bond acceptors (Lipinski definition) is 5. The van der Waals surface area contributed by atoms with Gasteiger partial charge < -0.3 is 9.73 Å². The molecule has 0 amide bonds. The second kappa shape index (κ2) is 5.11. The van der Waals surface area contributed by atoms with Gasteiger partial charge in [0.2, 0.25) is 5.89 Å². The fourth-order valence-corrected chi connectivity index (χ4v) is 1.88. The predicted molar refractivity (Wildman–Crippen MR) is 71.7 cm³/mol. The maximum atomic E-state index is 9.17. The summed E-state index contributed by atoms with van der Waals surface area (Å²) >= 11 is 0. The van der Waals surface area contributed by atoms with Crippen molar-refractivity contribution in [3.63, 3.8) is 0 Å². The quantitative estimate of drug-likeness (QED) is 0.913. The van der Waals surface area contributed by atoms with Crippen molar-refractivity contribution in [2.24, 2.45) is 0 Å². The summed E-state index contributed by atoms with van der Waals surface area (Å²) in [4.78, 5) is 8.63. The van der Waals surface area contributed by atoms with Gasteiger partial charge in [0.15, 0.2) is 0 Å². The van der Waals surface area contributed by atoms with Crippen LogP contribution < -0.4 is 5.32 Å². The number of hydrogen-bond donors (Lipinski definition) is 1. The summed E-state index contributed by atoms with van der Waals surface area (Å²) in [5, 5.41) is 12.3. The van der Waals surface area contributed by atoms with E-state index in [-0.39, 0.29) is 0 Å². The summed E-state index contributed by atoms with van der Waals surface area (Å²) in [6, 6.07) is 4.06. The highest BCUT2D eigenvalue weighted by molar-refractivity contribution is 5.56. The Morgan fingerprint density at radius 1 is 1.26 bits per heavy atom. The molecule has 2 rings (SSSR count). The number of anilines is 1. The van der Waals surface area contributed by atoms with Crippen LogP contribution in [-0.2, 0) is 6.54 Å². The van der Waals surface area contributed by atoms with E-state index in [0.29, 0.717) is 23.8 Å². The Balaban J connectivity index is 2.22. The molecule has 98 valence electrons. The zero-order chi connectivity index (χ0) is 14.0. The van der Waals surface area contributed by atoms with Gasteiger partial charge in [-0.2, -0.15) is 5.26 Å². The van der Waals surface area contributed by atoms with E-state index in [9.17, 15) is 0 Å². The number of nitriles is 1. The summed E-state index contributed by atoms with van der Waals surface area (Å²) in [6.45, 7) is 8.00. The first-order valence-electron chi connectivity index (χ1n) is 6.06. The third-order valence-electron chi connectivity index (χ3n) is 2.94. The highest BCUT2D eigenvalue weighted by Gasteiger charge is 2.10. The third kappa shape index (κ3) is 2.74. The molecule has 2 heterocycles. The lowest BCUT2D eigenvalue weighted by Gasteiger charge is -2.08. The van der Waals surface area contributed by atoms with Crippen LogP contribution in [0.3, 0.4) is 0 Å². The molecule has 0 radical (unpaired) electrons. The van der Waals surface area contributed by atoms with Crippen molar-refractivity contribution in [1.82, 2.24) is 9.97 Å². The van der Waals surface area contributed by atoms with Crippen molar-refractivity contribution in [3.8, 4) is 6.07 Å². The Bertz CT molecular complexity index is 633. The topological polar surface area (TPSA) is 74.7 Å². The van der Waals surface area contributed by atoms with Gasteiger partial charge in [0.25, 0.3) is 0 Å². The molecule has 0 aliphatic carbocycles. The van der Waals surface area contributed by atoms with Crippen LogP contribution in [0, 0.1) is 39.0 Å². The van der Waals surface area contributed by atoms with Crippen molar-refractivity contribution in [3.05, 3.63) is 40.2 Å². The van der Waals surface area contributed by atoms with Gasteiger partial charge in [-0.15, -0.1) is 0 Å². The van der Waals surface area contributed by atoms with Crippen LogP contribution in [0.5, 0.6) is 0 Å². The molecule has 0 aromatic carbocycles. The maximum absolute atomic E-state index is 9.17. The number of oxazole rings is 1. The monoisotopic (exact) mass is 256 g/mol. The van der Waals surface area contributed by atoms with Gasteiger partial charge in [0.1, 0.15) is 17.6 Å². The van der Waals surface area contributed by atoms with Crippen molar-refractivity contribution in [1.29, 1.82) is 5.26 Å². The van der Waals surface area contributed by atoms with E-state index >= 15 is 0 Å². The first kappa shape index (κ1) is 13.1. The summed E-state index contributed by atoms with van der Waals surface area (Å²) < 4.78 is 5.49. The highest BCUT2D eigenvalue weighted by atomic mass is 16.4. The van der Waals surface area contributed by atoms with Gasteiger partial charge in [-0.25, -0.2) is 9.97 Å². The molecule has 0 spiro atoms. The molecule has 0 aliphatic rings. The van der Waals surface area contributed by atoms with Crippen molar-refractivity contribution in [2.45, 2.75) is 34.2 Å². The molecule has 0 atom stereocenters. The Morgan fingerprint density at radius 2 is 2.00 bits per heavy atom. The Hall–Kier alpha value is -2.35. The average Bonchev–Trinajstić information content (AvgIpc) is 2.65. The Kier molecular flexibility index (Phi) is 3.52. The average molecular weight is 256 g/mol. The molecule has 2 aromatic heterocycles. The van der Waals surface area contributed by atoms with E-state index in [1.165, 1.54) is 0 Å². The number of aromatic nitrogens is 2. The molecule has 1 N–H and O–H groups in total. The van der Waals surface area contributed by atoms with Gasteiger partial charge in [0, 0.05) is 5.69 Å². The smallest absolute Gasteiger partial charge is 0.213 e. The predicted octanol–water partition coefficient (Wildman–Crippen LogP) is 2.79. The molecule has 0 unspecified atom stereocenters. The Morgan fingerprint density at radius 3 is 2.58 bits per heavy atom. The summed E-state index contributed by atoms with van der Waals surface area (Å²) in [7, 11) is 0. The van der Waals surface area contributed by atoms with Crippen LogP contribution in [0.25, 0.3) is 0 Å². The molecule has 5 heteroatoms. The first-order chi connectivity index (χ1) is 9.01. The molecular weight excluding hydrogens is 240 g/mol.